The molecule has 0 radical (unpaired) electrons. The van der Waals surface area contributed by atoms with Crippen molar-refractivity contribution in [3.05, 3.63) is 65.7 Å². The third-order valence-electron chi connectivity index (χ3n) is 3.24. The van der Waals surface area contributed by atoms with E-state index in [-0.39, 0.29) is 12.4 Å². The van der Waals surface area contributed by atoms with Gasteiger partial charge in [-0.25, -0.2) is 0 Å². The van der Waals surface area contributed by atoms with E-state index in [1.807, 2.05) is 19.1 Å². The number of rotatable bonds is 6. The molecule has 0 aromatic heterocycles. The summed E-state index contributed by atoms with van der Waals surface area (Å²) >= 11 is 1.55. The summed E-state index contributed by atoms with van der Waals surface area (Å²) in [7, 11) is 0. The molecule has 2 nitrogen and oxygen atoms in total. The van der Waals surface area contributed by atoms with Gasteiger partial charge < -0.3 is 9.84 Å². The third kappa shape index (κ3) is 5.23. The molecule has 0 atom stereocenters. The first-order chi connectivity index (χ1) is 11.3. The molecular formula is C18H17F3O2S. The molecule has 2 rings (SSSR count). The van der Waals surface area contributed by atoms with Crippen molar-refractivity contribution < 1.29 is 23.0 Å². The van der Waals surface area contributed by atoms with Crippen molar-refractivity contribution in [1.29, 1.82) is 0 Å². The van der Waals surface area contributed by atoms with Gasteiger partial charge in [-0.2, -0.15) is 13.2 Å². The molecule has 6 heteroatoms. The molecule has 0 aliphatic carbocycles. The van der Waals surface area contributed by atoms with Crippen LogP contribution in [0.5, 0.6) is 11.5 Å². The van der Waals surface area contributed by atoms with Crippen molar-refractivity contribution in [2.24, 2.45) is 0 Å². The van der Waals surface area contributed by atoms with Crippen molar-refractivity contribution in [2.45, 2.75) is 18.0 Å². The zero-order valence-corrected chi connectivity index (χ0v) is 13.9. The fraction of sp³-hybridized carbons (Fsp3) is 0.222. The summed E-state index contributed by atoms with van der Waals surface area (Å²) < 4.78 is 42.9. The first-order valence-electron chi connectivity index (χ1n) is 7.15. The van der Waals surface area contributed by atoms with Gasteiger partial charge in [0.15, 0.2) is 0 Å². The van der Waals surface area contributed by atoms with Gasteiger partial charge in [0.05, 0.1) is 5.56 Å². The van der Waals surface area contributed by atoms with Gasteiger partial charge in [-0.1, -0.05) is 6.58 Å². The fourth-order valence-corrected chi connectivity index (χ4v) is 2.75. The number of aromatic hydroxyl groups is 1. The number of thioether (sulfide) groups is 1. The molecule has 0 heterocycles. The summed E-state index contributed by atoms with van der Waals surface area (Å²) in [6.45, 7) is 5.96. The van der Waals surface area contributed by atoms with Crippen molar-refractivity contribution in [2.75, 3.05) is 12.4 Å². The second-order valence-corrected chi connectivity index (χ2v) is 6.35. The number of ether oxygens (including phenoxy) is 1. The summed E-state index contributed by atoms with van der Waals surface area (Å²) in [5.74, 6) is 1.24. The molecule has 0 amide bonds. The van der Waals surface area contributed by atoms with E-state index in [0.717, 1.165) is 28.2 Å². The Labute approximate surface area is 143 Å². The molecule has 0 spiro atoms. The minimum absolute atomic E-state index is 0.232. The molecule has 1 N–H and O–H groups in total. The molecule has 2 aromatic carbocycles. The Balaban J connectivity index is 1.81. The molecule has 128 valence electrons. The second kappa shape index (κ2) is 7.66. The highest BCUT2D eigenvalue weighted by atomic mass is 32.2. The SMILES string of the molecule is C=C(COc1ccc(C(F)(F)F)cc1)CSc1ccc(O)c(C)c1. The van der Waals surface area contributed by atoms with E-state index in [1.165, 1.54) is 12.1 Å². The fourth-order valence-electron chi connectivity index (χ4n) is 1.87. The van der Waals surface area contributed by atoms with Crippen molar-refractivity contribution in [3.8, 4) is 11.5 Å². The second-order valence-electron chi connectivity index (χ2n) is 5.30. The lowest BCUT2D eigenvalue weighted by Crippen LogP contribution is -2.05. The van der Waals surface area contributed by atoms with E-state index in [2.05, 4.69) is 6.58 Å². The van der Waals surface area contributed by atoms with Crippen LogP contribution in [0.3, 0.4) is 0 Å². The maximum Gasteiger partial charge on any atom is 0.416 e. The predicted molar refractivity (Wildman–Crippen MR) is 89.6 cm³/mol. The molecule has 2 aromatic rings. The minimum Gasteiger partial charge on any atom is -0.508 e. The number of halogens is 3. The van der Waals surface area contributed by atoms with Crippen LogP contribution in [0.1, 0.15) is 11.1 Å². The number of aryl methyl sites for hydroxylation is 1. The van der Waals surface area contributed by atoms with Crippen LogP contribution in [0, 0.1) is 6.92 Å². The Morgan fingerprint density at radius 3 is 2.42 bits per heavy atom. The van der Waals surface area contributed by atoms with E-state index in [0.29, 0.717) is 11.5 Å². The topological polar surface area (TPSA) is 29.5 Å². The van der Waals surface area contributed by atoms with Crippen LogP contribution in [0.15, 0.2) is 59.5 Å². The van der Waals surface area contributed by atoms with Crippen molar-refractivity contribution in [3.63, 3.8) is 0 Å². The maximum absolute atomic E-state index is 12.5. The number of hydrogen-bond acceptors (Lipinski definition) is 3. The number of alkyl halides is 3. The Morgan fingerprint density at radius 2 is 1.83 bits per heavy atom. The summed E-state index contributed by atoms with van der Waals surface area (Å²) in [5, 5.41) is 9.48. The molecule has 0 unspecified atom stereocenters. The van der Waals surface area contributed by atoms with Gasteiger partial charge in [-0.15, -0.1) is 11.8 Å². The summed E-state index contributed by atoms with van der Waals surface area (Å²) in [4.78, 5) is 1.00. The van der Waals surface area contributed by atoms with E-state index in [9.17, 15) is 18.3 Å². The normalized spacial score (nSPS) is 11.3. The number of phenolic OH excluding ortho intramolecular Hbond substituents is 1. The monoisotopic (exact) mass is 354 g/mol. The van der Waals surface area contributed by atoms with E-state index in [1.54, 1.807) is 17.8 Å². The van der Waals surface area contributed by atoms with Crippen LogP contribution in [0.25, 0.3) is 0 Å². The first-order valence-corrected chi connectivity index (χ1v) is 8.13. The molecule has 0 aliphatic rings. The van der Waals surface area contributed by atoms with Gasteiger partial charge in [-0.05, 0) is 60.5 Å². The molecule has 0 saturated carbocycles. The Kier molecular flexibility index (Phi) is 5.83. The number of benzene rings is 2. The average molecular weight is 354 g/mol. The molecule has 24 heavy (non-hydrogen) atoms. The van der Waals surface area contributed by atoms with Gasteiger partial charge in [-0.3, -0.25) is 0 Å². The van der Waals surface area contributed by atoms with Gasteiger partial charge >= 0.3 is 6.18 Å². The molecular weight excluding hydrogens is 337 g/mol. The quantitative estimate of drug-likeness (QED) is 0.553. The van der Waals surface area contributed by atoms with Crippen LogP contribution in [0.2, 0.25) is 0 Å². The van der Waals surface area contributed by atoms with Crippen molar-refractivity contribution in [1.82, 2.24) is 0 Å². The molecule has 0 fully saturated rings. The van der Waals surface area contributed by atoms with Gasteiger partial charge in [0.1, 0.15) is 18.1 Å². The predicted octanol–water partition coefficient (Wildman–Crippen LogP) is 5.45. The highest BCUT2D eigenvalue weighted by Gasteiger charge is 2.29. The zero-order valence-electron chi connectivity index (χ0n) is 13.1. The van der Waals surface area contributed by atoms with Crippen LogP contribution >= 0.6 is 11.8 Å². The van der Waals surface area contributed by atoms with Gasteiger partial charge in [0, 0.05) is 10.6 Å². The van der Waals surface area contributed by atoms with Crippen LogP contribution in [-0.2, 0) is 6.18 Å². The smallest absolute Gasteiger partial charge is 0.416 e. The van der Waals surface area contributed by atoms with E-state index in [4.69, 9.17) is 4.74 Å². The van der Waals surface area contributed by atoms with E-state index < -0.39 is 11.7 Å². The Morgan fingerprint density at radius 1 is 1.17 bits per heavy atom. The molecule has 0 saturated heterocycles. The van der Waals surface area contributed by atoms with Crippen LogP contribution < -0.4 is 4.74 Å². The Bertz CT molecular complexity index is 709. The summed E-state index contributed by atoms with van der Waals surface area (Å²) in [5.41, 5.74) is 0.907. The number of hydrogen-bond donors (Lipinski definition) is 1. The first kappa shape index (κ1) is 18.3. The third-order valence-corrected chi connectivity index (χ3v) is 4.38. The largest absolute Gasteiger partial charge is 0.508 e. The summed E-state index contributed by atoms with van der Waals surface area (Å²) in [6.07, 6.45) is -4.35. The molecule has 0 bridgehead atoms. The average Bonchev–Trinajstić information content (AvgIpc) is 2.53. The Hall–Kier alpha value is -2.08. The summed E-state index contributed by atoms with van der Waals surface area (Å²) in [6, 6.07) is 9.91. The van der Waals surface area contributed by atoms with E-state index >= 15 is 0 Å². The lowest BCUT2D eigenvalue weighted by molar-refractivity contribution is -0.137. The highest BCUT2D eigenvalue weighted by molar-refractivity contribution is 7.99. The van der Waals surface area contributed by atoms with Gasteiger partial charge in [0.25, 0.3) is 0 Å². The number of phenols is 1. The standard InChI is InChI=1S/C18H17F3O2S/c1-12(11-24-16-7-8-17(22)13(2)9-16)10-23-15-5-3-14(4-6-15)18(19,20)21/h3-9,22H,1,10-11H2,2H3. The zero-order chi connectivity index (χ0) is 17.7. The van der Waals surface area contributed by atoms with Gasteiger partial charge in [0.2, 0.25) is 0 Å². The molecule has 0 aliphatic heterocycles. The van der Waals surface area contributed by atoms with Crippen molar-refractivity contribution >= 4 is 11.8 Å². The van der Waals surface area contributed by atoms with Crippen LogP contribution in [0.4, 0.5) is 13.2 Å². The van der Waals surface area contributed by atoms with Crippen LogP contribution in [-0.4, -0.2) is 17.5 Å². The highest BCUT2D eigenvalue weighted by Crippen LogP contribution is 2.30. The lowest BCUT2D eigenvalue weighted by atomic mass is 10.2. The lowest BCUT2D eigenvalue weighted by Gasteiger charge is -2.11. The maximum atomic E-state index is 12.5. The minimum atomic E-state index is -4.35.